The van der Waals surface area contributed by atoms with Crippen molar-refractivity contribution in [3.05, 3.63) is 23.5 Å². The topological polar surface area (TPSA) is 62.2 Å². The molecule has 0 saturated heterocycles. The predicted molar refractivity (Wildman–Crippen MR) is 43.4 cm³/mol. The normalized spacial score (nSPS) is 13.7. The van der Waals surface area contributed by atoms with Crippen LogP contribution in [0.25, 0.3) is 0 Å². The van der Waals surface area contributed by atoms with Gasteiger partial charge in [0.05, 0.1) is 17.4 Å². The van der Waals surface area contributed by atoms with E-state index in [1.807, 2.05) is 0 Å². The first kappa shape index (κ1) is 7.09. The highest BCUT2D eigenvalue weighted by Crippen LogP contribution is 2.23. The van der Waals surface area contributed by atoms with Crippen molar-refractivity contribution in [3.8, 4) is 0 Å². The lowest BCUT2D eigenvalue weighted by Crippen LogP contribution is -2.01. The molecule has 12 heavy (non-hydrogen) atoms. The fraction of sp³-hybridized carbons (Fsp3) is 0.250. The molecule has 2 rings (SSSR count). The van der Waals surface area contributed by atoms with Crippen LogP contribution < -0.4 is 5.32 Å². The van der Waals surface area contributed by atoms with Gasteiger partial charge in [-0.2, -0.15) is 0 Å². The van der Waals surface area contributed by atoms with Gasteiger partial charge in [0.2, 0.25) is 0 Å². The second kappa shape index (κ2) is 2.48. The Morgan fingerprint density at radius 3 is 3.17 bits per heavy atom. The molecular formula is C8H8N2O2. The van der Waals surface area contributed by atoms with Crippen LogP contribution in [-0.2, 0) is 6.42 Å². The summed E-state index contributed by atoms with van der Waals surface area (Å²) in [6.45, 7) is 0.807. The summed E-state index contributed by atoms with van der Waals surface area (Å²) in [6, 6.07) is 0. The van der Waals surface area contributed by atoms with Crippen molar-refractivity contribution in [2.45, 2.75) is 6.42 Å². The maximum Gasteiger partial charge on any atom is 0.337 e. The molecule has 0 aromatic carbocycles. The number of hydrogen-bond acceptors (Lipinski definition) is 3. The molecule has 2 N–H and O–H groups in total. The van der Waals surface area contributed by atoms with Crippen LogP contribution in [-0.4, -0.2) is 22.6 Å². The minimum atomic E-state index is -0.900. The van der Waals surface area contributed by atoms with Gasteiger partial charge in [-0.3, -0.25) is 4.98 Å². The molecule has 62 valence electrons. The Morgan fingerprint density at radius 1 is 1.58 bits per heavy atom. The second-order valence-electron chi connectivity index (χ2n) is 2.70. The van der Waals surface area contributed by atoms with Gasteiger partial charge < -0.3 is 10.4 Å². The van der Waals surface area contributed by atoms with Crippen LogP contribution in [0.3, 0.4) is 0 Å². The molecule has 4 heteroatoms. The number of hydrogen-bond donors (Lipinski definition) is 2. The van der Waals surface area contributed by atoms with Gasteiger partial charge in [-0.05, 0) is 12.0 Å². The second-order valence-corrected chi connectivity index (χ2v) is 2.70. The van der Waals surface area contributed by atoms with Gasteiger partial charge in [-0.25, -0.2) is 4.79 Å². The lowest BCUT2D eigenvalue weighted by molar-refractivity contribution is 0.0695. The van der Waals surface area contributed by atoms with Gasteiger partial charge in [0, 0.05) is 12.7 Å². The van der Waals surface area contributed by atoms with E-state index in [0.29, 0.717) is 5.56 Å². The molecule has 1 aromatic heterocycles. The zero-order chi connectivity index (χ0) is 8.55. The molecule has 0 atom stereocenters. The van der Waals surface area contributed by atoms with Crippen molar-refractivity contribution in [2.75, 3.05) is 11.9 Å². The van der Waals surface area contributed by atoms with E-state index in [0.717, 1.165) is 24.2 Å². The van der Waals surface area contributed by atoms with E-state index in [-0.39, 0.29) is 0 Å². The number of aromatic carboxylic acids is 1. The standard InChI is InChI=1S/C8H8N2O2/c11-8(12)6-3-9-4-7-5(6)1-2-10-7/h3-4,10H,1-2H2,(H,11,12). The Morgan fingerprint density at radius 2 is 2.42 bits per heavy atom. The Bertz CT molecular complexity index is 336. The Kier molecular flexibility index (Phi) is 1.46. The third-order valence-corrected chi connectivity index (χ3v) is 1.98. The zero-order valence-electron chi connectivity index (χ0n) is 6.37. The zero-order valence-corrected chi connectivity index (χ0v) is 6.37. The first-order valence-corrected chi connectivity index (χ1v) is 3.73. The average Bonchev–Trinajstić information content (AvgIpc) is 2.49. The van der Waals surface area contributed by atoms with E-state index in [1.54, 1.807) is 6.20 Å². The fourth-order valence-electron chi connectivity index (χ4n) is 1.42. The highest BCUT2D eigenvalue weighted by atomic mass is 16.4. The summed E-state index contributed by atoms with van der Waals surface area (Å²) in [5.41, 5.74) is 2.05. The Balaban J connectivity index is 2.56. The lowest BCUT2D eigenvalue weighted by atomic mass is 10.1. The molecule has 0 fully saturated rings. The lowest BCUT2D eigenvalue weighted by Gasteiger charge is -2.00. The average molecular weight is 164 g/mol. The van der Waals surface area contributed by atoms with E-state index < -0.39 is 5.97 Å². The van der Waals surface area contributed by atoms with Gasteiger partial charge in [0.1, 0.15) is 0 Å². The van der Waals surface area contributed by atoms with Gasteiger partial charge in [-0.15, -0.1) is 0 Å². The van der Waals surface area contributed by atoms with Crippen LogP contribution in [0.15, 0.2) is 12.4 Å². The molecule has 2 heterocycles. The summed E-state index contributed by atoms with van der Waals surface area (Å²) in [7, 11) is 0. The number of nitrogens with zero attached hydrogens (tertiary/aromatic N) is 1. The molecular weight excluding hydrogens is 156 g/mol. The number of carbonyl (C=O) groups is 1. The highest BCUT2D eigenvalue weighted by Gasteiger charge is 2.17. The molecule has 1 aliphatic rings. The van der Waals surface area contributed by atoms with Crippen molar-refractivity contribution >= 4 is 11.7 Å². The predicted octanol–water partition coefficient (Wildman–Crippen LogP) is 0.748. The van der Waals surface area contributed by atoms with Gasteiger partial charge in [-0.1, -0.05) is 0 Å². The summed E-state index contributed by atoms with van der Waals surface area (Å²) in [4.78, 5) is 14.5. The number of fused-ring (bicyclic) bond motifs is 1. The minimum absolute atomic E-state index is 0.317. The quantitative estimate of drug-likeness (QED) is 0.642. The summed E-state index contributed by atoms with van der Waals surface area (Å²) < 4.78 is 0. The maximum absolute atomic E-state index is 10.7. The van der Waals surface area contributed by atoms with E-state index >= 15 is 0 Å². The molecule has 0 saturated carbocycles. The molecule has 1 aliphatic heterocycles. The van der Waals surface area contributed by atoms with E-state index in [1.165, 1.54) is 6.20 Å². The molecule has 1 aromatic rings. The summed E-state index contributed by atoms with van der Waals surface area (Å²) in [5, 5.41) is 11.9. The van der Waals surface area contributed by atoms with Crippen LogP contribution >= 0.6 is 0 Å². The summed E-state index contributed by atoms with van der Waals surface area (Å²) >= 11 is 0. The maximum atomic E-state index is 10.7. The first-order valence-electron chi connectivity index (χ1n) is 3.73. The molecule has 0 radical (unpaired) electrons. The van der Waals surface area contributed by atoms with E-state index in [9.17, 15) is 4.79 Å². The minimum Gasteiger partial charge on any atom is -0.478 e. The third kappa shape index (κ3) is 0.922. The SMILES string of the molecule is O=C(O)c1cncc2c1CCN2. The largest absolute Gasteiger partial charge is 0.478 e. The highest BCUT2D eigenvalue weighted by molar-refractivity contribution is 5.91. The van der Waals surface area contributed by atoms with E-state index in [4.69, 9.17) is 5.11 Å². The fourth-order valence-corrected chi connectivity index (χ4v) is 1.42. The molecule has 0 aliphatic carbocycles. The van der Waals surface area contributed by atoms with Crippen LogP contribution in [0.1, 0.15) is 15.9 Å². The number of carboxylic acids is 1. The van der Waals surface area contributed by atoms with Crippen molar-refractivity contribution in [1.29, 1.82) is 0 Å². The number of carboxylic acid groups (broad SMARTS) is 1. The summed E-state index contributed by atoms with van der Waals surface area (Å²) in [5.74, 6) is -0.900. The van der Waals surface area contributed by atoms with Crippen LogP contribution in [0, 0.1) is 0 Å². The molecule has 0 amide bonds. The van der Waals surface area contributed by atoms with Gasteiger partial charge >= 0.3 is 5.97 Å². The molecule has 4 nitrogen and oxygen atoms in total. The number of rotatable bonds is 1. The van der Waals surface area contributed by atoms with Gasteiger partial charge in [0.15, 0.2) is 0 Å². The summed E-state index contributed by atoms with van der Waals surface area (Å²) in [6.07, 6.45) is 3.84. The van der Waals surface area contributed by atoms with Gasteiger partial charge in [0.25, 0.3) is 0 Å². The molecule has 0 bridgehead atoms. The number of anilines is 1. The molecule has 0 spiro atoms. The van der Waals surface area contributed by atoms with Crippen molar-refractivity contribution < 1.29 is 9.90 Å². The monoisotopic (exact) mass is 164 g/mol. The van der Waals surface area contributed by atoms with Crippen molar-refractivity contribution in [1.82, 2.24) is 4.98 Å². The molecule has 0 unspecified atom stereocenters. The van der Waals surface area contributed by atoms with Crippen LogP contribution in [0.4, 0.5) is 5.69 Å². The third-order valence-electron chi connectivity index (χ3n) is 1.98. The van der Waals surface area contributed by atoms with Crippen molar-refractivity contribution in [3.63, 3.8) is 0 Å². The van der Waals surface area contributed by atoms with E-state index in [2.05, 4.69) is 10.3 Å². The Labute approximate surface area is 69.2 Å². The number of nitrogens with one attached hydrogen (secondary N) is 1. The number of pyridine rings is 1. The smallest absolute Gasteiger partial charge is 0.337 e. The number of aromatic nitrogens is 1. The van der Waals surface area contributed by atoms with Crippen LogP contribution in [0.2, 0.25) is 0 Å². The Hall–Kier alpha value is -1.58. The first-order chi connectivity index (χ1) is 5.79. The van der Waals surface area contributed by atoms with Crippen LogP contribution in [0.5, 0.6) is 0 Å². The van der Waals surface area contributed by atoms with Crippen molar-refractivity contribution in [2.24, 2.45) is 0 Å².